The lowest BCUT2D eigenvalue weighted by Gasteiger charge is -2.07. The van der Waals surface area contributed by atoms with Gasteiger partial charge >= 0.3 is 0 Å². The van der Waals surface area contributed by atoms with Crippen LogP contribution >= 0.6 is 0 Å². The van der Waals surface area contributed by atoms with Gasteiger partial charge in [-0.05, 0) is 18.6 Å². The molecule has 1 aliphatic rings. The van der Waals surface area contributed by atoms with Crippen LogP contribution in [0.1, 0.15) is 12.5 Å². The van der Waals surface area contributed by atoms with Gasteiger partial charge in [-0.3, -0.25) is 9.00 Å². The fourth-order valence-electron chi connectivity index (χ4n) is 1.70. The van der Waals surface area contributed by atoms with E-state index in [4.69, 9.17) is 0 Å². The minimum absolute atomic E-state index is 0.0484. The maximum Gasteiger partial charge on any atom is 0.228 e. The molecule has 0 spiro atoms. The van der Waals surface area contributed by atoms with Crippen LogP contribution in [-0.2, 0) is 15.6 Å². The number of amides is 1. The molecule has 1 N–H and O–H groups in total. The SMILES string of the molecule is Cc1cccc2c1S(=O)CC(C)C(=O)N2. The molecule has 0 aliphatic carbocycles. The fraction of sp³-hybridized carbons (Fsp3) is 0.364. The van der Waals surface area contributed by atoms with Gasteiger partial charge < -0.3 is 5.32 Å². The first-order chi connectivity index (χ1) is 7.09. The molecular weight excluding hydrogens is 210 g/mol. The van der Waals surface area contributed by atoms with E-state index in [1.165, 1.54) is 0 Å². The van der Waals surface area contributed by atoms with Crippen molar-refractivity contribution in [1.29, 1.82) is 0 Å². The zero-order valence-corrected chi connectivity index (χ0v) is 9.56. The molecule has 3 nitrogen and oxygen atoms in total. The number of anilines is 1. The van der Waals surface area contributed by atoms with Gasteiger partial charge in [0.15, 0.2) is 0 Å². The highest BCUT2D eigenvalue weighted by Crippen LogP contribution is 2.27. The first-order valence-corrected chi connectivity index (χ1v) is 6.20. The Kier molecular flexibility index (Phi) is 2.61. The summed E-state index contributed by atoms with van der Waals surface area (Å²) < 4.78 is 12.0. The number of benzene rings is 1. The second-order valence-corrected chi connectivity index (χ2v) is 5.29. The standard InChI is InChI=1S/C11H13NO2S/c1-7-4-3-5-9-10(7)15(14)6-8(2)11(13)12-9/h3-5,8H,6H2,1-2H3,(H,12,13). The number of carbonyl (C=O) groups excluding carboxylic acids is 1. The van der Waals surface area contributed by atoms with Gasteiger partial charge in [-0.1, -0.05) is 19.1 Å². The Hall–Kier alpha value is -1.16. The van der Waals surface area contributed by atoms with Gasteiger partial charge in [0, 0.05) is 11.7 Å². The molecule has 0 bridgehead atoms. The van der Waals surface area contributed by atoms with Crippen molar-refractivity contribution in [3.05, 3.63) is 23.8 Å². The van der Waals surface area contributed by atoms with Crippen molar-refractivity contribution in [2.24, 2.45) is 5.92 Å². The van der Waals surface area contributed by atoms with Crippen molar-refractivity contribution in [2.45, 2.75) is 18.7 Å². The second kappa shape index (κ2) is 3.77. The third kappa shape index (κ3) is 1.81. The van der Waals surface area contributed by atoms with E-state index >= 15 is 0 Å². The van der Waals surface area contributed by atoms with Gasteiger partial charge in [-0.15, -0.1) is 0 Å². The molecule has 2 atom stereocenters. The fourth-order valence-corrected chi connectivity index (χ4v) is 3.26. The van der Waals surface area contributed by atoms with E-state index in [0.29, 0.717) is 11.4 Å². The first-order valence-electron chi connectivity index (χ1n) is 4.88. The molecule has 0 saturated heterocycles. The molecular formula is C11H13NO2S. The lowest BCUT2D eigenvalue weighted by molar-refractivity contribution is -0.118. The van der Waals surface area contributed by atoms with E-state index in [2.05, 4.69) is 5.32 Å². The van der Waals surface area contributed by atoms with Gasteiger partial charge in [-0.25, -0.2) is 0 Å². The Morgan fingerprint density at radius 1 is 1.47 bits per heavy atom. The van der Waals surface area contributed by atoms with E-state index < -0.39 is 10.8 Å². The van der Waals surface area contributed by atoms with Crippen molar-refractivity contribution in [1.82, 2.24) is 0 Å². The highest BCUT2D eigenvalue weighted by Gasteiger charge is 2.25. The van der Waals surface area contributed by atoms with Gasteiger partial charge in [0.2, 0.25) is 5.91 Å². The number of hydrogen-bond donors (Lipinski definition) is 1. The lowest BCUT2D eigenvalue weighted by atomic mass is 10.2. The molecule has 1 aromatic rings. The van der Waals surface area contributed by atoms with Crippen LogP contribution in [0.4, 0.5) is 5.69 Å². The number of nitrogens with one attached hydrogen (secondary N) is 1. The van der Waals surface area contributed by atoms with Gasteiger partial charge in [0.25, 0.3) is 0 Å². The van der Waals surface area contributed by atoms with Crippen molar-refractivity contribution >= 4 is 22.4 Å². The normalized spacial score (nSPS) is 25.3. The lowest BCUT2D eigenvalue weighted by Crippen LogP contribution is -2.21. The molecule has 0 saturated carbocycles. The number of aryl methyl sites for hydroxylation is 1. The van der Waals surface area contributed by atoms with Crippen molar-refractivity contribution in [3.63, 3.8) is 0 Å². The van der Waals surface area contributed by atoms with E-state index in [0.717, 1.165) is 10.5 Å². The van der Waals surface area contributed by atoms with Crippen LogP contribution in [0.15, 0.2) is 23.1 Å². The summed E-state index contributed by atoms with van der Waals surface area (Å²) in [5.74, 6) is 0.161. The molecule has 1 aliphatic heterocycles. The molecule has 1 heterocycles. The molecule has 0 fully saturated rings. The number of hydrogen-bond acceptors (Lipinski definition) is 2. The van der Waals surface area contributed by atoms with Crippen LogP contribution in [0, 0.1) is 12.8 Å². The highest BCUT2D eigenvalue weighted by molar-refractivity contribution is 7.85. The molecule has 2 unspecified atom stereocenters. The molecule has 1 amide bonds. The van der Waals surface area contributed by atoms with Gasteiger partial charge in [0.1, 0.15) is 0 Å². The average Bonchev–Trinajstić information content (AvgIpc) is 2.26. The van der Waals surface area contributed by atoms with Crippen molar-refractivity contribution < 1.29 is 9.00 Å². The summed E-state index contributed by atoms with van der Waals surface area (Å²) in [6.07, 6.45) is 0. The summed E-state index contributed by atoms with van der Waals surface area (Å²) in [6, 6.07) is 5.58. The van der Waals surface area contributed by atoms with E-state index in [1.54, 1.807) is 13.0 Å². The molecule has 2 rings (SSSR count). The summed E-state index contributed by atoms with van der Waals surface area (Å²) in [5.41, 5.74) is 1.67. The number of rotatable bonds is 0. The van der Waals surface area contributed by atoms with Crippen LogP contribution in [-0.4, -0.2) is 15.9 Å². The number of carbonyl (C=O) groups is 1. The topological polar surface area (TPSA) is 46.2 Å². The van der Waals surface area contributed by atoms with E-state index in [1.807, 2.05) is 19.1 Å². The third-order valence-electron chi connectivity index (χ3n) is 2.55. The Balaban J connectivity index is 2.56. The van der Waals surface area contributed by atoms with Gasteiger partial charge in [-0.2, -0.15) is 0 Å². The summed E-state index contributed by atoms with van der Waals surface area (Å²) in [7, 11) is -1.08. The number of fused-ring (bicyclic) bond motifs is 1. The second-order valence-electron chi connectivity index (χ2n) is 3.85. The zero-order valence-electron chi connectivity index (χ0n) is 8.74. The first kappa shape index (κ1) is 10.4. The Morgan fingerprint density at radius 2 is 2.20 bits per heavy atom. The monoisotopic (exact) mass is 223 g/mol. The van der Waals surface area contributed by atoms with Crippen LogP contribution in [0.5, 0.6) is 0 Å². The Bertz CT molecular complexity index is 442. The highest BCUT2D eigenvalue weighted by atomic mass is 32.2. The average molecular weight is 223 g/mol. The summed E-state index contributed by atoms with van der Waals surface area (Å²) in [6.45, 7) is 3.72. The van der Waals surface area contributed by atoms with Crippen molar-refractivity contribution in [3.8, 4) is 0 Å². The van der Waals surface area contributed by atoms with Crippen molar-refractivity contribution in [2.75, 3.05) is 11.1 Å². The van der Waals surface area contributed by atoms with Crippen LogP contribution < -0.4 is 5.32 Å². The molecule has 15 heavy (non-hydrogen) atoms. The maximum absolute atomic E-state index is 12.0. The third-order valence-corrected chi connectivity index (χ3v) is 4.35. The molecule has 1 aromatic carbocycles. The van der Waals surface area contributed by atoms with Gasteiger partial charge in [0.05, 0.1) is 21.4 Å². The predicted octanol–water partition coefficient (Wildman–Crippen LogP) is 1.69. The summed E-state index contributed by atoms with van der Waals surface area (Å²) >= 11 is 0. The largest absolute Gasteiger partial charge is 0.325 e. The molecule has 80 valence electrons. The maximum atomic E-state index is 12.0. The molecule has 4 heteroatoms. The molecule has 0 aromatic heterocycles. The minimum Gasteiger partial charge on any atom is -0.325 e. The van der Waals surface area contributed by atoms with Crippen LogP contribution in [0.2, 0.25) is 0 Å². The predicted molar refractivity (Wildman–Crippen MR) is 60.2 cm³/mol. The minimum atomic E-state index is -1.08. The zero-order chi connectivity index (χ0) is 11.0. The van der Waals surface area contributed by atoms with E-state index in [-0.39, 0.29) is 11.8 Å². The summed E-state index contributed by atoms with van der Waals surface area (Å²) in [5, 5.41) is 2.81. The quantitative estimate of drug-likeness (QED) is 0.727. The Morgan fingerprint density at radius 3 is 2.93 bits per heavy atom. The van der Waals surface area contributed by atoms with Crippen LogP contribution in [0.3, 0.4) is 0 Å². The van der Waals surface area contributed by atoms with E-state index in [9.17, 15) is 9.00 Å². The summed E-state index contributed by atoms with van der Waals surface area (Å²) in [4.78, 5) is 12.4. The Labute approximate surface area is 91.3 Å². The molecule has 0 radical (unpaired) electrons. The smallest absolute Gasteiger partial charge is 0.228 e. The van der Waals surface area contributed by atoms with Crippen LogP contribution in [0.25, 0.3) is 0 Å².